The molecule has 4 aromatic rings. The van der Waals surface area contributed by atoms with Gasteiger partial charge in [0.1, 0.15) is 18.4 Å². The van der Waals surface area contributed by atoms with Crippen LogP contribution in [0.2, 0.25) is 0 Å². The number of para-hydroxylation sites is 1. The van der Waals surface area contributed by atoms with E-state index in [0.29, 0.717) is 48.1 Å². The number of hydrogen-bond donors (Lipinski definition) is 1. The van der Waals surface area contributed by atoms with E-state index in [4.69, 9.17) is 9.47 Å². The highest BCUT2D eigenvalue weighted by atomic mass is 16.5. The maximum atomic E-state index is 13.2. The van der Waals surface area contributed by atoms with Crippen molar-refractivity contribution in [2.45, 2.75) is 25.3 Å². The van der Waals surface area contributed by atoms with Crippen molar-refractivity contribution in [1.82, 2.24) is 4.90 Å². The molecule has 230 valence electrons. The molecular weight excluding hydrogens is 564 g/mol. The third-order valence-electron chi connectivity index (χ3n) is 7.72. The second-order valence-electron chi connectivity index (χ2n) is 11.1. The number of amides is 1. The van der Waals surface area contributed by atoms with Crippen LogP contribution in [0.3, 0.4) is 0 Å². The molecule has 1 unspecified atom stereocenters. The van der Waals surface area contributed by atoms with Crippen LogP contribution in [0, 0.1) is 5.92 Å². The molecule has 1 N–H and O–H groups in total. The van der Waals surface area contributed by atoms with Crippen molar-refractivity contribution in [2.24, 2.45) is 5.92 Å². The summed E-state index contributed by atoms with van der Waals surface area (Å²) in [5, 5.41) is 3.24. The highest BCUT2D eigenvalue weighted by Gasteiger charge is 2.26. The van der Waals surface area contributed by atoms with Crippen LogP contribution in [0.4, 0.5) is 5.69 Å². The minimum Gasteiger partial charge on any atom is -0.492 e. The van der Waals surface area contributed by atoms with Crippen LogP contribution in [0.1, 0.15) is 39.9 Å². The molecule has 0 aromatic heterocycles. The van der Waals surface area contributed by atoms with Gasteiger partial charge in [0.2, 0.25) is 5.91 Å². The summed E-state index contributed by atoms with van der Waals surface area (Å²) in [7, 11) is 1.35. The Morgan fingerprint density at radius 2 is 1.53 bits per heavy atom. The van der Waals surface area contributed by atoms with Gasteiger partial charge in [-0.15, -0.1) is 0 Å². The third kappa shape index (κ3) is 9.16. The average Bonchev–Trinajstić information content (AvgIpc) is 3.92. The number of benzene rings is 4. The van der Waals surface area contributed by atoms with Gasteiger partial charge in [-0.2, -0.15) is 0 Å². The van der Waals surface area contributed by atoms with Gasteiger partial charge in [-0.1, -0.05) is 84.9 Å². The fourth-order valence-electron chi connectivity index (χ4n) is 5.05. The van der Waals surface area contributed by atoms with E-state index in [1.54, 1.807) is 36.4 Å². The number of carbonyl (C=O) groups excluding carboxylic acids is 3. The number of ketones is 1. The van der Waals surface area contributed by atoms with Crippen molar-refractivity contribution in [1.29, 1.82) is 0 Å². The highest BCUT2D eigenvalue weighted by molar-refractivity contribution is 6.12. The van der Waals surface area contributed by atoms with E-state index in [-0.39, 0.29) is 11.7 Å². The number of esters is 1. The topological polar surface area (TPSA) is 84.9 Å². The van der Waals surface area contributed by atoms with Crippen LogP contribution in [-0.2, 0) is 20.7 Å². The minimum absolute atomic E-state index is 0.0157. The van der Waals surface area contributed by atoms with Crippen LogP contribution < -0.4 is 10.1 Å². The first-order chi connectivity index (χ1) is 22.0. The van der Waals surface area contributed by atoms with Gasteiger partial charge in [-0.05, 0) is 60.2 Å². The van der Waals surface area contributed by atoms with Crippen LogP contribution in [-0.4, -0.2) is 55.4 Å². The van der Waals surface area contributed by atoms with Gasteiger partial charge in [0, 0.05) is 35.9 Å². The van der Waals surface area contributed by atoms with E-state index in [0.717, 1.165) is 30.5 Å². The Balaban J connectivity index is 1.18. The molecule has 1 aliphatic carbocycles. The van der Waals surface area contributed by atoms with Crippen LogP contribution in [0.15, 0.2) is 115 Å². The lowest BCUT2D eigenvalue weighted by Gasteiger charge is -2.21. The first-order valence-electron chi connectivity index (χ1n) is 15.3. The number of methoxy groups -OCH3 is 1. The lowest BCUT2D eigenvalue weighted by Crippen LogP contribution is -2.35. The Bertz CT molecular complexity index is 1600. The van der Waals surface area contributed by atoms with Gasteiger partial charge in [0.05, 0.1) is 13.7 Å². The van der Waals surface area contributed by atoms with E-state index in [9.17, 15) is 14.4 Å². The Labute approximate surface area is 264 Å². The van der Waals surface area contributed by atoms with Crippen molar-refractivity contribution in [3.8, 4) is 5.75 Å². The minimum atomic E-state index is -0.711. The smallest absolute Gasteiger partial charge is 0.328 e. The quantitative estimate of drug-likeness (QED) is 0.0957. The summed E-state index contributed by atoms with van der Waals surface area (Å²) in [6, 6.07) is 32.8. The summed E-state index contributed by atoms with van der Waals surface area (Å²) < 4.78 is 11.1. The Kier molecular flexibility index (Phi) is 10.8. The summed E-state index contributed by atoms with van der Waals surface area (Å²) in [4.78, 5) is 40.8. The molecule has 5 rings (SSSR count). The molecule has 0 aliphatic heterocycles. The zero-order valence-corrected chi connectivity index (χ0v) is 25.4. The van der Waals surface area contributed by atoms with E-state index >= 15 is 0 Å². The van der Waals surface area contributed by atoms with Crippen molar-refractivity contribution >= 4 is 29.4 Å². The van der Waals surface area contributed by atoms with E-state index in [1.807, 2.05) is 89.8 Å². The molecule has 4 aromatic carbocycles. The Morgan fingerprint density at radius 1 is 0.867 bits per heavy atom. The Morgan fingerprint density at radius 3 is 2.22 bits per heavy atom. The molecule has 1 amide bonds. The van der Waals surface area contributed by atoms with Gasteiger partial charge in [-0.25, -0.2) is 4.79 Å². The highest BCUT2D eigenvalue weighted by Crippen LogP contribution is 2.30. The SMILES string of the molecule is COC(=O)C(Cc1ccc(OCCN(CC2CC2)C(=O)C=Cc2ccccc2)cc1)Nc1ccccc1C(=O)c1ccccc1. The summed E-state index contributed by atoms with van der Waals surface area (Å²) >= 11 is 0. The first-order valence-corrected chi connectivity index (χ1v) is 15.3. The summed E-state index contributed by atoms with van der Waals surface area (Å²) in [6.07, 6.45) is 6.14. The normalized spacial score (nSPS) is 13.2. The molecule has 1 atom stereocenters. The monoisotopic (exact) mass is 602 g/mol. The number of carbonyl (C=O) groups is 3. The van der Waals surface area contributed by atoms with Gasteiger partial charge >= 0.3 is 5.97 Å². The number of nitrogens with one attached hydrogen (secondary N) is 1. The molecule has 0 saturated heterocycles. The van der Waals surface area contributed by atoms with Gasteiger partial charge < -0.3 is 19.7 Å². The summed E-state index contributed by atoms with van der Waals surface area (Å²) in [5.74, 6) is 0.669. The van der Waals surface area contributed by atoms with E-state index < -0.39 is 12.0 Å². The van der Waals surface area contributed by atoms with Crippen molar-refractivity contribution in [2.75, 3.05) is 32.1 Å². The second-order valence-corrected chi connectivity index (χ2v) is 11.1. The molecule has 7 nitrogen and oxygen atoms in total. The lowest BCUT2D eigenvalue weighted by molar-refractivity contribution is -0.141. The lowest BCUT2D eigenvalue weighted by atomic mass is 10.00. The molecule has 7 heteroatoms. The van der Waals surface area contributed by atoms with Crippen molar-refractivity contribution in [3.05, 3.63) is 138 Å². The zero-order valence-electron chi connectivity index (χ0n) is 25.4. The first kappa shape index (κ1) is 31.3. The predicted molar refractivity (Wildman–Crippen MR) is 176 cm³/mol. The van der Waals surface area contributed by atoms with Gasteiger partial charge in [0.15, 0.2) is 5.78 Å². The number of anilines is 1. The zero-order chi connectivity index (χ0) is 31.4. The maximum absolute atomic E-state index is 13.2. The molecule has 0 heterocycles. The largest absolute Gasteiger partial charge is 0.492 e. The molecule has 0 bridgehead atoms. The maximum Gasteiger partial charge on any atom is 0.328 e. The fourth-order valence-corrected chi connectivity index (χ4v) is 5.05. The second kappa shape index (κ2) is 15.5. The van der Waals surface area contributed by atoms with Crippen LogP contribution in [0.5, 0.6) is 5.75 Å². The Hall–Kier alpha value is -5.17. The molecule has 0 spiro atoms. The molecule has 45 heavy (non-hydrogen) atoms. The number of hydrogen-bond acceptors (Lipinski definition) is 6. The molecular formula is C38H38N2O5. The number of nitrogens with zero attached hydrogens (tertiary/aromatic N) is 1. The van der Waals surface area contributed by atoms with Gasteiger partial charge in [-0.3, -0.25) is 9.59 Å². The number of rotatable bonds is 15. The van der Waals surface area contributed by atoms with Gasteiger partial charge in [0.25, 0.3) is 0 Å². The average molecular weight is 603 g/mol. The van der Waals surface area contributed by atoms with Crippen LogP contribution >= 0.6 is 0 Å². The van der Waals surface area contributed by atoms with Crippen molar-refractivity contribution in [3.63, 3.8) is 0 Å². The van der Waals surface area contributed by atoms with E-state index in [1.165, 1.54) is 7.11 Å². The van der Waals surface area contributed by atoms with Crippen LogP contribution in [0.25, 0.3) is 6.08 Å². The molecule has 0 radical (unpaired) electrons. The number of ether oxygens (including phenoxy) is 2. The molecule has 1 aliphatic rings. The standard InChI is InChI=1S/C38H38N2O5/c1-44-38(43)35(39-34-15-9-8-14-33(34)37(42)31-12-6-3-7-13-31)26-29-18-21-32(22-19-29)45-25-24-40(27-30-16-17-30)36(41)23-20-28-10-4-2-5-11-28/h2-15,18-23,30,35,39H,16-17,24-27H2,1H3. The molecule has 1 fully saturated rings. The third-order valence-corrected chi connectivity index (χ3v) is 7.72. The molecule has 1 saturated carbocycles. The fraction of sp³-hybridized carbons (Fsp3) is 0.237. The van der Waals surface area contributed by atoms with Crippen molar-refractivity contribution < 1.29 is 23.9 Å². The summed E-state index contributed by atoms with van der Waals surface area (Å²) in [5.41, 5.74) is 3.49. The predicted octanol–water partition coefficient (Wildman–Crippen LogP) is 6.44. The summed E-state index contributed by atoms with van der Waals surface area (Å²) in [6.45, 7) is 1.60. The van der Waals surface area contributed by atoms with E-state index in [2.05, 4.69) is 5.32 Å².